The van der Waals surface area contributed by atoms with Crippen molar-refractivity contribution < 1.29 is 27.9 Å². The largest absolute Gasteiger partial charge is 0.490 e. The Morgan fingerprint density at radius 3 is 2.53 bits per heavy atom. The number of aryl methyl sites for hydroxylation is 1. The number of hydrogen-bond acceptors (Lipinski definition) is 5. The molecule has 0 saturated carbocycles. The Hall–Kier alpha value is -3.73. The van der Waals surface area contributed by atoms with Crippen molar-refractivity contribution >= 4 is 17.8 Å². The summed E-state index contributed by atoms with van der Waals surface area (Å²) in [7, 11) is 0. The highest BCUT2D eigenvalue weighted by Crippen LogP contribution is 2.31. The van der Waals surface area contributed by atoms with Gasteiger partial charge in [0.15, 0.2) is 0 Å². The molecule has 1 aliphatic carbocycles. The first-order valence-corrected chi connectivity index (χ1v) is 10.5. The Labute approximate surface area is 193 Å². The first kappa shape index (κ1) is 24.9. The number of carboxylic acid groups (broad SMARTS) is 1. The van der Waals surface area contributed by atoms with Crippen LogP contribution in [-0.4, -0.2) is 44.2 Å². The molecule has 180 valence electrons. The number of benzene rings is 1. The molecule has 0 bridgehead atoms. The molecule has 1 aliphatic rings. The van der Waals surface area contributed by atoms with E-state index in [0.717, 1.165) is 24.8 Å². The molecule has 4 rings (SSSR count). The van der Waals surface area contributed by atoms with Gasteiger partial charge in [-0.2, -0.15) is 13.2 Å². The smallest absolute Gasteiger partial charge is 0.475 e. The lowest BCUT2D eigenvalue weighted by molar-refractivity contribution is -0.192. The molecule has 0 aliphatic heterocycles. The Kier molecular flexibility index (Phi) is 8.00. The van der Waals surface area contributed by atoms with Crippen molar-refractivity contribution in [2.45, 2.75) is 37.9 Å². The monoisotopic (exact) mass is 475 g/mol. The fourth-order valence-electron chi connectivity index (χ4n) is 3.70. The minimum atomic E-state index is -5.08. The number of anilines is 1. The Balaban J connectivity index is 0.000000406. The number of nitrogens with two attached hydrogens (primary N) is 1. The van der Waals surface area contributed by atoms with E-state index in [9.17, 15) is 18.0 Å². The normalized spacial score (nSPS) is 15.0. The van der Waals surface area contributed by atoms with Crippen LogP contribution in [0.1, 0.15) is 45.8 Å². The topological polar surface area (TPSA) is 123 Å². The number of alkyl halides is 3. The number of rotatable bonds is 5. The van der Waals surface area contributed by atoms with Crippen molar-refractivity contribution in [3.63, 3.8) is 0 Å². The number of pyridine rings is 1. The standard InChI is InChI=1S/C21H23N5O.C2HF3O2/c22-13-18-3-1-2-16-4-5-17(12-19(16)18)20(27)25-21-24-10-11-26(21)14-15-6-8-23-9-7-15;3-2(4,5)1(6)7/h4-12,18H,1-3,13-14,22H2,(H,24,25,27);(H,6,7). The fourth-order valence-corrected chi connectivity index (χ4v) is 3.70. The van der Waals surface area contributed by atoms with Crippen LogP contribution in [0.15, 0.2) is 55.1 Å². The third kappa shape index (κ3) is 6.41. The van der Waals surface area contributed by atoms with Crippen molar-refractivity contribution in [3.8, 4) is 0 Å². The molecule has 8 nitrogen and oxygen atoms in total. The van der Waals surface area contributed by atoms with Gasteiger partial charge in [-0.15, -0.1) is 0 Å². The molecule has 1 aromatic carbocycles. The molecule has 1 atom stereocenters. The van der Waals surface area contributed by atoms with E-state index < -0.39 is 12.1 Å². The molecule has 0 fully saturated rings. The summed E-state index contributed by atoms with van der Waals surface area (Å²) >= 11 is 0. The minimum Gasteiger partial charge on any atom is -0.475 e. The van der Waals surface area contributed by atoms with Crippen LogP contribution in [0.3, 0.4) is 0 Å². The van der Waals surface area contributed by atoms with Crippen molar-refractivity contribution in [1.29, 1.82) is 0 Å². The second kappa shape index (κ2) is 10.9. The molecular weight excluding hydrogens is 451 g/mol. The van der Waals surface area contributed by atoms with Crippen LogP contribution < -0.4 is 11.1 Å². The third-order valence-corrected chi connectivity index (χ3v) is 5.42. The third-order valence-electron chi connectivity index (χ3n) is 5.42. The van der Waals surface area contributed by atoms with Crippen molar-refractivity contribution in [2.24, 2.45) is 5.73 Å². The number of imidazole rings is 1. The summed E-state index contributed by atoms with van der Waals surface area (Å²) in [5.74, 6) is -2.03. The lowest BCUT2D eigenvalue weighted by Crippen LogP contribution is -2.21. The van der Waals surface area contributed by atoms with Crippen LogP contribution in [0.5, 0.6) is 0 Å². The van der Waals surface area contributed by atoms with Crippen LogP contribution in [0.25, 0.3) is 0 Å². The van der Waals surface area contributed by atoms with E-state index in [4.69, 9.17) is 15.6 Å². The van der Waals surface area contributed by atoms with Crippen molar-refractivity contribution in [1.82, 2.24) is 14.5 Å². The molecule has 2 aromatic heterocycles. The Morgan fingerprint density at radius 1 is 1.18 bits per heavy atom. The number of hydrogen-bond donors (Lipinski definition) is 3. The van der Waals surface area contributed by atoms with E-state index in [0.29, 0.717) is 30.5 Å². The average Bonchev–Trinajstić information content (AvgIpc) is 3.25. The van der Waals surface area contributed by atoms with Gasteiger partial charge in [-0.3, -0.25) is 15.1 Å². The van der Waals surface area contributed by atoms with Crippen LogP contribution in [-0.2, 0) is 17.8 Å². The van der Waals surface area contributed by atoms with Crippen molar-refractivity contribution in [3.05, 3.63) is 77.4 Å². The number of halogens is 3. The molecule has 0 saturated heterocycles. The number of nitrogens with zero attached hydrogens (tertiary/aromatic N) is 3. The van der Waals surface area contributed by atoms with Gasteiger partial charge >= 0.3 is 12.1 Å². The second-order valence-electron chi connectivity index (χ2n) is 7.73. The Bertz CT molecular complexity index is 1130. The van der Waals surface area contributed by atoms with Gasteiger partial charge in [-0.1, -0.05) is 6.07 Å². The molecule has 1 unspecified atom stereocenters. The van der Waals surface area contributed by atoms with Gasteiger partial charge in [0, 0.05) is 30.4 Å². The summed E-state index contributed by atoms with van der Waals surface area (Å²) in [6, 6.07) is 9.85. The van der Waals surface area contributed by atoms with E-state index >= 15 is 0 Å². The highest BCUT2D eigenvalue weighted by atomic mass is 19.4. The molecule has 0 spiro atoms. The molecule has 0 radical (unpaired) electrons. The number of fused-ring (bicyclic) bond motifs is 1. The Morgan fingerprint density at radius 2 is 1.88 bits per heavy atom. The maximum absolute atomic E-state index is 12.8. The molecule has 34 heavy (non-hydrogen) atoms. The van der Waals surface area contributed by atoms with Gasteiger partial charge in [0.2, 0.25) is 5.95 Å². The zero-order valence-corrected chi connectivity index (χ0v) is 18.1. The first-order chi connectivity index (χ1) is 16.2. The number of nitrogens with one attached hydrogen (secondary N) is 1. The summed E-state index contributed by atoms with van der Waals surface area (Å²) in [6.07, 6.45) is 5.28. The quantitative estimate of drug-likeness (QED) is 0.518. The first-order valence-electron chi connectivity index (χ1n) is 10.5. The molecular formula is C23H24F3N5O3. The van der Waals surface area contributed by atoms with Gasteiger partial charge in [-0.25, -0.2) is 9.78 Å². The summed E-state index contributed by atoms with van der Waals surface area (Å²) in [5, 5.41) is 10.1. The number of carboxylic acids is 1. The van der Waals surface area contributed by atoms with Gasteiger partial charge < -0.3 is 15.4 Å². The number of aliphatic carboxylic acids is 1. The van der Waals surface area contributed by atoms with Gasteiger partial charge in [0.1, 0.15) is 0 Å². The number of amides is 1. The fraction of sp³-hybridized carbons (Fsp3) is 0.304. The predicted octanol–water partition coefficient (Wildman–Crippen LogP) is 3.59. The lowest BCUT2D eigenvalue weighted by Gasteiger charge is -2.24. The summed E-state index contributed by atoms with van der Waals surface area (Å²) in [6.45, 7) is 1.24. The highest BCUT2D eigenvalue weighted by Gasteiger charge is 2.38. The van der Waals surface area contributed by atoms with E-state index in [1.807, 2.05) is 35.0 Å². The highest BCUT2D eigenvalue weighted by molar-refractivity contribution is 6.03. The van der Waals surface area contributed by atoms with Crippen LogP contribution in [0.4, 0.5) is 19.1 Å². The average molecular weight is 475 g/mol. The number of carbonyl (C=O) groups excluding carboxylic acids is 1. The maximum Gasteiger partial charge on any atom is 0.490 e. The molecule has 2 heterocycles. The summed E-state index contributed by atoms with van der Waals surface area (Å²) in [4.78, 5) is 30.0. The van der Waals surface area contributed by atoms with Gasteiger partial charge in [-0.05, 0) is 72.7 Å². The van der Waals surface area contributed by atoms with E-state index in [1.165, 1.54) is 11.1 Å². The zero-order chi connectivity index (χ0) is 24.7. The van der Waals surface area contributed by atoms with Crippen molar-refractivity contribution in [2.75, 3.05) is 11.9 Å². The summed E-state index contributed by atoms with van der Waals surface area (Å²) < 4.78 is 33.6. The predicted molar refractivity (Wildman–Crippen MR) is 118 cm³/mol. The molecule has 4 N–H and O–H groups in total. The van der Waals surface area contributed by atoms with Crippen LogP contribution in [0, 0.1) is 0 Å². The van der Waals surface area contributed by atoms with E-state index in [2.05, 4.69) is 21.4 Å². The van der Waals surface area contributed by atoms with Gasteiger partial charge in [0.05, 0.1) is 6.54 Å². The van der Waals surface area contributed by atoms with Gasteiger partial charge in [0.25, 0.3) is 5.91 Å². The SMILES string of the molecule is NCC1CCCc2ccc(C(=O)Nc3nccn3Cc3ccncc3)cc21.O=C(O)C(F)(F)F. The van der Waals surface area contributed by atoms with E-state index in [1.54, 1.807) is 18.6 Å². The molecule has 11 heteroatoms. The summed E-state index contributed by atoms with van der Waals surface area (Å²) in [5.41, 5.74) is 10.2. The van der Waals surface area contributed by atoms with Crippen LogP contribution >= 0.6 is 0 Å². The van der Waals surface area contributed by atoms with Crippen LogP contribution in [0.2, 0.25) is 0 Å². The second-order valence-corrected chi connectivity index (χ2v) is 7.73. The van der Waals surface area contributed by atoms with E-state index in [-0.39, 0.29) is 5.91 Å². The molecule has 1 amide bonds. The number of aromatic nitrogens is 3. The minimum absolute atomic E-state index is 0.152. The molecule has 3 aromatic rings. The zero-order valence-electron chi connectivity index (χ0n) is 18.1. The lowest BCUT2D eigenvalue weighted by atomic mass is 9.82. The number of carbonyl (C=O) groups is 2. The maximum atomic E-state index is 12.8.